The van der Waals surface area contributed by atoms with Gasteiger partial charge in [0.2, 0.25) is 0 Å². The smallest absolute Gasteiger partial charge is 0.0200 e. The quantitative estimate of drug-likeness (QED) is 0.525. The van der Waals surface area contributed by atoms with Gasteiger partial charge in [0.05, 0.1) is 0 Å². The molecule has 0 radical (unpaired) electrons. The molecule has 1 atom stereocenters. The molecule has 0 saturated heterocycles. The molecule has 0 bridgehead atoms. The van der Waals surface area contributed by atoms with Crippen molar-refractivity contribution in [1.29, 1.82) is 0 Å². The SMILES string of the molecule is CCCC(C)=C(CC(C)CC)C1CC1. The lowest BCUT2D eigenvalue weighted by Crippen LogP contribution is -2.00. The van der Waals surface area contributed by atoms with Crippen LogP contribution in [0.5, 0.6) is 0 Å². The number of allylic oxidation sites excluding steroid dienone is 2. The summed E-state index contributed by atoms with van der Waals surface area (Å²) in [6, 6.07) is 0. The minimum atomic E-state index is 0.886. The van der Waals surface area contributed by atoms with E-state index >= 15 is 0 Å². The lowest BCUT2D eigenvalue weighted by atomic mass is 9.91. The van der Waals surface area contributed by atoms with Crippen molar-refractivity contribution in [2.75, 3.05) is 0 Å². The number of rotatable bonds is 6. The highest BCUT2D eigenvalue weighted by Crippen LogP contribution is 2.42. The van der Waals surface area contributed by atoms with Crippen LogP contribution in [0.25, 0.3) is 0 Å². The molecule has 1 rings (SSSR count). The molecule has 1 aliphatic rings. The van der Waals surface area contributed by atoms with Crippen LogP contribution in [0, 0.1) is 11.8 Å². The third-order valence-electron chi connectivity index (χ3n) is 3.51. The molecule has 1 fully saturated rings. The largest absolute Gasteiger partial charge is 0.0738 e. The molecule has 0 aromatic carbocycles. The Morgan fingerprint density at radius 1 is 1.29 bits per heavy atom. The van der Waals surface area contributed by atoms with E-state index in [0.717, 1.165) is 11.8 Å². The summed E-state index contributed by atoms with van der Waals surface area (Å²) in [6.07, 6.45) is 8.26. The highest BCUT2D eigenvalue weighted by Gasteiger charge is 2.27. The highest BCUT2D eigenvalue weighted by molar-refractivity contribution is 5.20. The summed E-state index contributed by atoms with van der Waals surface area (Å²) in [5.74, 6) is 1.87. The lowest BCUT2D eigenvalue weighted by molar-refractivity contribution is 0.538. The first-order chi connectivity index (χ1) is 6.69. The Bertz CT molecular complexity index is 196. The maximum Gasteiger partial charge on any atom is -0.0200 e. The molecule has 0 aromatic rings. The van der Waals surface area contributed by atoms with Gasteiger partial charge in [-0.1, -0.05) is 44.8 Å². The Balaban J connectivity index is 2.57. The molecule has 0 nitrogen and oxygen atoms in total. The van der Waals surface area contributed by atoms with Crippen molar-refractivity contribution < 1.29 is 0 Å². The fraction of sp³-hybridized carbons (Fsp3) is 0.857. The van der Waals surface area contributed by atoms with Crippen molar-refractivity contribution in [2.24, 2.45) is 11.8 Å². The van der Waals surface area contributed by atoms with Crippen LogP contribution >= 0.6 is 0 Å². The molecule has 14 heavy (non-hydrogen) atoms. The van der Waals surface area contributed by atoms with E-state index in [-0.39, 0.29) is 0 Å². The molecule has 0 N–H and O–H groups in total. The maximum atomic E-state index is 2.39. The number of hydrogen-bond acceptors (Lipinski definition) is 0. The first kappa shape index (κ1) is 11.8. The molecule has 0 heteroatoms. The normalized spacial score (nSPS) is 20.6. The van der Waals surface area contributed by atoms with Gasteiger partial charge < -0.3 is 0 Å². The predicted octanol–water partition coefficient (Wildman–Crippen LogP) is 4.95. The van der Waals surface area contributed by atoms with Crippen LogP contribution in [0.2, 0.25) is 0 Å². The summed E-state index contributed by atoms with van der Waals surface area (Å²) in [7, 11) is 0. The predicted molar refractivity (Wildman–Crippen MR) is 64.4 cm³/mol. The summed E-state index contributed by atoms with van der Waals surface area (Å²) in [4.78, 5) is 0. The van der Waals surface area contributed by atoms with E-state index in [9.17, 15) is 0 Å². The van der Waals surface area contributed by atoms with E-state index in [1.165, 1.54) is 38.5 Å². The summed E-state index contributed by atoms with van der Waals surface area (Å²) in [5.41, 5.74) is 3.52. The van der Waals surface area contributed by atoms with Crippen LogP contribution in [0.4, 0.5) is 0 Å². The Hall–Kier alpha value is -0.260. The summed E-state index contributed by atoms with van der Waals surface area (Å²) < 4.78 is 0. The van der Waals surface area contributed by atoms with Crippen molar-refractivity contribution >= 4 is 0 Å². The van der Waals surface area contributed by atoms with E-state index in [1.807, 2.05) is 5.57 Å². The van der Waals surface area contributed by atoms with E-state index in [4.69, 9.17) is 0 Å². The minimum absolute atomic E-state index is 0.886. The molecule has 0 amide bonds. The fourth-order valence-electron chi connectivity index (χ4n) is 2.18. The van der Waals surface area contributed by atoms with Gasteiger partial charge in [-0.15, -0.1) is 0 Å². The van der Waals surface area contributed by atoms with Crippen LogP contribution < -0.4 is 0 Å². The first-order valence-electron chi connectivity index (χ1n) is 6.37. The second-order valence-electron chi connectivity index (χ2n) is 5.05. The monoisotopic (exact) mass is 194 g/mol. The standard InChI is InChI=1S/C14H26/c1-5-7-12(4)14(13-8-9-13)10-11(3)6-2/h11,13H,5-10H2,1-4H3. The molecular formula is C14H26. The Kier molecular flexibility index (Phi) is 4.71. The third kappa shape index (κ3) is 3.48. The van der Waals surface area contributed by atoms with Gasteiger partial charge in [0, 0.05) is 0 Å². The molecule has 0 spiro atoms. The maximum absolute atomic E-state index is 2.39. The van der Waals surface area contributed by atoms with E-state index in [2.05, 4.69) is 27.7 Å². The van der Waals surface area contributed by atoms with Crippen molar-refractivity contribution in [3.63, 3.8) is 0 Å². The molecular weight excluding hydrogens is 168 g/mol. The van der Waals surface area contributed by atoms with Crippen LogP contribution in [0.3, 0.4) is 0 Å². The topological polar surface area (TPSA) is 0 Å². The minimum Gasteiger partial charge on any atom is -0.0738 e. The van der Waals surface area contributed by atoms with E-state index in [1.54, 1.807) is 5.57 Å². The van der Waals surface area contributed by atoms with Gasteiger partial charge in [0.25, 0.3) is 0 Å². The molecule has 1 aliphatic carbocycles. The Morgan fingerprint density at radius 2 is 1.93 bits per heavy atom. The molecule has 0 aliphatic heterocycles. The molecule has 82 valence electrons. The van der Waals surface area contributed by atoms with Crippen molar-refractivity contribution in [3.05, 3.63) is 11.1 Å². The second kappa shape index (κ2) is 5.58. The first-order valence-corrected chi connectivity index (χ1v) is 6.37. The average Bonchev–Trinajstić information content (AvgIpc) is 2.97. The van der Waals surface area contributed by atoms with Crippen LogP contribution in [0.1, 0.15) is 66.2 Å². The van der Waals surface area contributed by atoms with E-state index in [0.29, 0.717) is 0 Å². The van der Waals surface area contributed by atoms with Gasteiger partial charge in [0.15, 0.2) is 0 Å². The van der Waals surface area contributed by atoms with Crippen molar-refractivity contribution in [1.82, 2.24) is 0 Å². The molecule has 1 saturated carbocycles. The summed E-state index contributed by atoms with van der Waals surface area (Å²) in [5, 5.41) is 0. The van der Waals surface area contributed by atoms with Gasteiger partial charge in [-0.05, 0) is 44.4 Å². The molecule has 0 aromatic heterocycles. The zero-order chi connectivity index (χ0) is 10.6. The van der Waals surface area contributed by atoms with Crippen LogP contribution in [-0.2, 0) is 0 Å². The zero-order valence-electron chi connectivity index (χ0n) is 10.4. The van der Waals surface area contributed by atoms with Gasteiger partial charge in [-0.25, -0.2) is 0 Å². The Labute approximate surface area is 89.8 Å². The van der Waals surface area contributed by atoms with Crippen LogP contribution in [0.15, 0.2) is 11.1 Å². The number of hydrogen-bond donors (Lipinski definition) is 0. The van der Waals surface area contributed by atoms with Crippen LogP contribution in [-0.4, -0.2) is 0 Å². The van der Waals surface area contributed by atoms with Gasteiger partial charge >= 0.3 is 0 Å². The van der Waals surface area contributed by atoms with Crippen molar-refractivity contribution in [2.45, 2.75) is 66.2 Å². The second-order valence-corrected chi connectivity index (χ2v) is 5.05. The molecule has 1 unspecified atom stereocenters. The third-order valence-corrected chi connectivity index (χ3v) is 3.51. The summed E-state index contributed by atoms with van der Waals surface area (Å²) >= 11 is 0. The van der Waals surface area contributed by atoms with Crippen molar-refractivity contribution in [3.8, 4) is 0 Å². The Morgan fingerprint density at radius 3 is 2.36 bits per heavy atom. The average molecular weight is 194 g/mol. The molecule has 0 heterocycles. The highest BCUT2D eigenvalue weighted by atomic mass is 14.3. The van der Waals surface area contributed by atoms with Gasteiger partial charge in [-0.2, -0.15) is 0 Å². The van der Waals surface area contributed by atoms with Gasteiger partial charge in [0.1, 0.15) is 0 Å². The summed E-state index contributed by atoms with van der Waals surface area (Å²) in [6.45, 7) is 9.35. The fourth-order valence-corrected chi connectivity index (χ4v) is 2.18. The van der Waals surface area contributed by atoms with Gasteiger partial charge in [-0.3, -0.25) is 0 Å². The van der Waals surface area contributed by atoms with E-state index < -0.39 is 0 Å². The zero-order valence-corrected chi connectivity index (χ0v) is 10.4. The lowest BCUT2D eigenvalue weighted by Gasteiger charge is -2.15.